The summed E-state index contributed by atoms with van der Waals surface area (Å²) in [5.74, 6) is -0.843. The first-order chi connectivity index (χ1) is 11.3. The fourth-order valence-corrected chi connectivity index (χ4v) is 5.66. The van der Waals surface area contributed by atoms with Crippen LogP contribution in [0, 0.1) is 5.82 Å². The van der Waals surface area contributed by atoms with Gasteiger partial charge in [-0.3, -0.25) is 0 Å². The molecule has 1 aliphatic carbocycles. The topological polar surface area (TPSA) is 69.4 Å². The maximum Gasteiger partial charge on any atom is 0.183 e. The molecule has 0 spiro atoms. The molecule has 24 heavy (non-hydrogen) atoms. The second kappa shape index (κ2) is 6.11. The summed E-state index contributed by atoms with van der Waals surface area (Å²) in [4.78, 5) is 0.160. The molecule has 0 radical (unpaired) electrons. The van der Waals surface area contributed by atoms with E-state index in [-0.39, 0.29) is 17.3 Å². The molecule has 0 aromatic heterocycles. The van der Waals surface area contributed by atoms with E-state index in [9.17, 15) is 12.8 Å². The molecule has 0 unspecified atom stereocenters. The van der Waals surface area contributed by atoms with Gasteiger partial charge in [-0.05, 0) is 42.0 Å². The molecular weight excluding hydrogens is 353 g/mol. The largest absolute Gasteiger partial charge is 0.383 e. The molecule has 1 saturated carbocycles. The van der Waals surface area contributed by atoms with Crippen LogP contribution < -0.4 is 5.73 Å². The van der Waals surface area contributed by atoms with Gasteiger partial charge in [0.2, 0.25) is 0 Å². The molecule has 7 heteroatoms. The van der Waals surface area contributed by atoms with Crippen LogP contribution in [0.25, 0.3) is 0 Å². The first kappa shape index (κ1) is 17.4. The lowest BCUT2D eigenvalue weighted by Crippen LogP contribution is -2.35. The van der Waals surface area contributed by atoms with Crippen molar-refractivity contribution in [1.82, 2.24) is 0 Å². The molecule has 3 atom stereocenters. The molecule has 0 saturated heterocycles. The minimum Gasteiger partial charge on any atom is -0.383 e. The van der Waals surface area contributed by atoms with Gasteiger partial charge in [0.05, 0.1) is 22.3 Å². The van der Waals surface area contributed by atoms with Crippen molar-refractivity contribution in [3.05, 3.63) is 64.9 Å². The summed E-state index contributed by atoms with van der Waals surface area (Å²) >= 11 is 5.83. The number of ether oxygens (including phenoxy) is 1. The normalized spacial score (nSPS) is 26.3. The van der Waals surface area contributed by atoms with Crippen LogP contribution in [0.15, 0.2) is 53.4 Å². The van der Waals surface area contributed by atoms with Crippen LogP contribution in [0.5, 0.6) is 0 Å². The molecule has 0 heterocycles. The number of sulfone groups is 1. The molecule has 128 valence electrons. The van der Waals surface area contributed by atoms with Crippen molar-refractivity contribution >= 4 is 21.4 Å². The Morgan fingerprint density at radius 2 is 1.75 bits per heavy atom. The second-order valence-electron chi connectivity index (χ2n) is 5.99. The highest BCUT2D eigenvalue weighted by molar-refractivity contribution is 7.92. The number of hydrogen-bond donors (Lipinski definition) is 1. The molecule has 2 aromatic carbocycles. The highest BCUT2D eigenvalue weighted by Gasteiger charge is 2.69. The molecule has 2 aromatic rings. The number of rotatable bonds is 5. The number of methoxy groups -OCH3 is 1. The Labute approximate surface area is 145 Å². The predicted molar refractivity (Wildman–Crippen MR) is 90.4 cm³/mol. The van der Waals surface area contributed by atoms with Crippen LogP contribution in [-0.4, -0.2) is 32.9 Å². The zero-order valence-corrected chi connectivity index (χ0v) is 14.5. The molecule has 0 bridgehead atoms. The summed E-state index contributed by atoms with van der Waals surface area (Å²) < 4.78 is 44.3. The predicted octanol–water partition coefficient (Wildman–Crippen LogP) is 2.76. The third kappa shape index (κ3) is 2.84. The Morgan fingerprint density at radius 3 is 2.29 bits per heavy atom. The Hall–Kier alpha value is -1.47. The van der Waals surface area contributed by atoms with Crippen LogP contribution in [0.4, 0.5) is 4.39 Å². The van der Waals surface area contributed by atoms with Crippen molar-refractivity contribution in [2.24, 2.45) is 5.73 Å². The Bertz CT molecular complexity index is 839. The Kier molecular flexibility index (Phi) is 4.42. The third-order valence-corrected chi connectivity index (χ3v) is 6.96. The molecule has 2 N–H and O–H groups in total. The summed E-state index contributed by atoms with van der Waals surface area (Å²) in [5, 5.41) is -0.382. The van der Waals surface area contributed by atoms with Gasteiger partial charge in [0, 0.05) is 18.1 Å². The van der Waals surface area contributed by atoms with E-state index in [0.29, 0.717) is 10.6 Å². The van der Waals surface area contributed by atoms with Crippen molar-refractivity contribution in [1.29, 1.82) is 0 Å². The van der Waals surface area contributed by atoms with Crippen LogP contribution in [0.2, 0.25) is 5.02 Å². The van der Waals surface area contributed by atoms with Gasteiger partial charge in [-0.1, -0.05) is 23.7 Å². The second-order valence-corrected chi connectivity index (χ2v) is 8.50. The van der Waals surface area contributed by atoms with E-state index in [4.69, 9.17) is 22.1 Å². The van der Waals surface area contributed by atoms with Gasteiger partial charge in [0.1, 0.15) is 5.82 Å². The van der Waals surface area contributed by atoms with Crippen molar-refractivity contribution in [2.45, 2.75) is 21.6 Å². The summed E-state index contributed by atoms with van der Waals surface area (Å²) in [5.41, 5.74) is 5.97. The van der Waals surface area contributed by atoms with Gasteiger partial charge < -0.3 is 10.5 Å². The smallest absolute Gasteiger partial charge is 0.183 e. The fourth-order valence-electron chi connectivity index (χ4n) is 3.24. The minimum absolute atomic E-state index is 0.0898. The Balaban J connectivity index is 2.01. The number of nitrogens with two attached hydrogens (primary N) is 1. The fraction of sp³-hybridized carbons (Fsp3) is 0.294. The highest BCUT2D eigenvalue weighted by Crippen LogP contribution is 2.55. The molecule has 3 rings (SSSR count). The third-order valence-electron chi connectivity index (χ3n) is 4.40. The molecule has 1 fully saturated rings. The van der Waals surface area contributed by atoms with Crippen LogP contribution >= 0.6 is 11.6 Å². The quantitative estimate of drug-likeness (QED) is 0.879. The number of hydrogen-bond acceptors (Lipinski definition) is 4. The average Bonchev–Trinajstić information content (AvgIpc) is 3.15. The average molecular weight is 370 g/mol. The zero-order valence-electron chi connectivity index (χ0n) is 12.9. The lowest BCUT2D eigenvalue weighted by Gasteiger charge is -2.11. The zero-order chi connectivity index (χ0) is 17.5. The molecule has 0 aliphatic heterocycles. The van der Waals surface area contributed by atoms with E-state index in [1.54, 1.807) is 12.1 Å². The van der Waals surface area contributed by atoms with Gasteiger partial charge >= 0.3 is 0 Å². The van der Waals surface area contributed by atoms with Crippen molar-refractivity contribution in [3.8, 4) is 0 Å². The molecular formula is C17H17ClFNO3S. The van der Waals surface area contributed by atoms with Crippen molar-refractivity contribution in [3.63, 3.8) is 0 Å². The van der Waals surface area contributed by atoms with E-state index in [0.717, 1.165) is 0 Å². The summed E-state index contributed by atoms with van der Waals surface area (Å²) in [7, 11) is -2.20. The van der Waals surface area contributed by atoms with E-state index in [1.807, 2.05) is 0 Å². The summed E-state index contributed by atoms with van der Waals surface area (Å²) in [6.45, 7) is 0.0898. The maximum atomic E-state index is 13.2. The lowest BCUT2D eigenvalue weighted by molar-refractivity contribution is 0.171. The summed E-state index contributed by atoms with van der Waals surface area (Å²) in [6.07, 6.45) is 0. The van der Waals surface area contributed by atoms with E-state index >= 15 is 0 Å². The molecule has 1 aliphatic rings. The van der Waals surface area contributed by atoms with Crippen LogP contribution in [0.3, 0.4) is 0 Å². The van der Waals surface area contributed by atoms with Gasteiger partial charge in [-0.15, -0.1) is 0 Å². The first-order valence-electron chi connectivity index (χ1n) is 7.33. The number of halogens is 2. The van der Waals surface area contributed by atoms with Crippen LogP contribution in [0.1, 0.15) is 11.5 Å². The van der Waals surface area contributed by atoms with Gasteiger partial charge in [-0.2, -0.15) is 0 Å². The highest BCUT2D eigenvalue weighted by atomic mass is 35.5. The Morgan fingerprint density at radius 1 is 1.17 bits per heavy atom. The monoisotopic (exact) mass is 369 g/mol. The SMILES string of the molecule is COC[C@@]1(N)[C@H](S(=O)(=O)c2ccc(Cl)cc2)[C@@H]1c1ccc(F)cc1. The van der Waals surface area contributed by atoms with E-state index in [1.165, 1.54) is 43.5 Å². The van der Waals surface area contributed by atoms with Crippen molar-refractivity contribution < 1.29 is 17.5 Å². The van der Waals surface area contributed by atoms with E-state index < -0.39 is 26.5 Å². The summed E-state index contributed by atoms with van der Waals surface area (Å²) in [6, 6.07) is 11.7. The van der Waals surface area contributed by atoms with Crippen molar-refractivity contribution in [2.75, 3.05) is 13.7 Å². The lowest BCUT2D eigenvalue weighted by atomic mass is 10.1. The molecule has 0 amide bonds. The van der Waals surface area contributed by atoms with Gasteiger partial charge in [0.25, 0.3) is 0 Å². The number of benzene rings is 2. The van der Waals surface area contributed by atoms with Gasteiger partial charge in [0.15, 0.2) is 9.84 Å². The molecule has 4 nitrogen and oxygen atoms in total. The van der Waals surface area contributed by atoms with Crippen LogP contribution in [-0.2, 0) is 14.6 Å². The first-order valence-corrected chi connectivity index (χ1v) is 9.26. The van der Waals surface area contributed by atoms with E-state index in [2.05, 4.69) is 0 Å². The standard InChI is InChI=1S/C17H17ClFNO3S/c1-23-10-17(20)15(11-2-6-13(19)7-3-11)16(17)24(21,22)14-8-4-12(18)5-9-14/h2-9,15-16H,10,20H2,1H3/t15-,16+,17-/m0/s1. The maximum absolute atomic E-state index is 13.2. The van der Waals surface area contributed by atoms with Gasteiger partial charge in [-0.25, -0.2) is 12.8 Å². The minimum atomic E-state index is -3.68.